The molecule has 0 aromatic carbocycles. The maximum atomic E-state index is 11.9. The fourth-order valence-electron chi connectivity index (χ4n) is 3.66. The second kappa shape index (κ2) is 6.61. The van der Waals surface area contributed by atoms with E-state index >= 15 is 0 Å². The van der Waals surface area contributed by atoms with Crippen LogP contribution < -0.4 is 5.32 Å². The molecule has 3 rings (SSSR count). The van der Waals surface area contributed by atoms with Crippen LogP contribution in [0.3, 0.4) is 0 Å². The van der Waals surface area contributed by atoms with E-state index in [9.17, 15) is 4.79 Å². The van der Waals surface area contributed by atoms with Gasteiger partial charge in [0.15, 0.2) is 0 Å². The van der Waals surface area contributed by atoms with Crippen molar-refractivity contribution < 1.29 is 4.79 Å². The summed E-state index contributed by atoms with van der Waals surface area (Å²) in [7, 11) is 0. The van der Waals surface area contributed by atoms with Gasteiger partial charge in [-0.05, 0) is 54.7 Å². The third-order valence-corrected chi connectivity index (χ3v) is 5.70. The van der Waals surface area contributed by atoms with Crippen LogP contribution in [0.1, 0.15) is 31.2 Å². The Kier molecular flexibility index (Phi) is 4.61. The van der Waals surface area contributed by atoms with Crippen LogP contribution in [0.15, 0.2) is 24.5 Å². The first-order chi connectivity index (χ1) is 9.81. The van der Waals surface area contributed by atoms with Gasteiger partial charge < -0.3 is 5.32 Å². The maximum Gasteiger partial charge on any atom is 0.230 e. The molecule has 0 radical (unpaired) electrons. The number of fused-ring (bicyclic) bond motifs is 2. The van der Waals surface area contributed by atoms with Gasteiger partial charge in [0.05, 0.1) is 5.75 Å². The van der Waals surface area contributed by atoms with Gasteiger partial charge in [0.1, 0.15) is 0 Å². The molecule has 1 heterocycles. The largest absolute Gasteiger partial charge is 0.355 e. The van der Waals surface area contributed by atoms with E-state index in [0.29, 0.717) is 5.75 Å². The number of nitrogens with one attached hydrogen (secondary N) is 1. The predicted molar refractivity (Wildman–Crippen MR) is 82.3 cm³/mol. The first-order valence-electron chi connectivity index (χ1n) is 7.54. The summed E-state index contributed by atoms with van der Waals surface area (Å²) in [5.41, 5.74) is 1.23. The number of rotatable bonds is 6. The van der Waals surface area contributed by atoms with Gasteiger partial charge in [-0.25, -0.2) is 0 Å². The Hall–Kier alpha value is -1.03. The Bertz CT molecular complexity index is 451. The van der Waals surface area contributed by atoms with Crippen LogP contribution in [0.5, 0.6) is 0 Å². The summed E-state index contributed by atoms with van der Waals surface area (Å²) in [5.74, 6) is 4.23. The SMILES string of the molecule is O=C(CSCc1ccncc1)NC[C@@H]1C[C@H]2CC[C@H]1C2. The van der Waals surface area contributed by atoms with E-state index in [-0.39, 0.29) is 5.91 Å². The second-order valence-corrected chi connectivity index (χ2v) is 7.07. The van der Waals surface area contributed by atoms with E-state index in [1.165, 1.54) is 31.2 Å². The fraction of sp³-hybridized carbons (Fsp3) is 0.625. The summed E-state index contributed by atoms with van der Waals surface area (Å²) in [6.45, 7) is 0.899. The first-order valence-corrected chi connectivity index (χ1v) is 8.70. The molecule has 0 unspecified atom stereocenters. The molecule has 4 heteroatoms. The summed E-state index contributed by atoms with van der Waals surface area (Å²) in [6, 6.07) is 4.00. The van der Waals surface area contributed by atoms with E-state index in [0.717, 1.165) is 30.1 Å². The summed E-state index contributed by atoms with van der Waals surface area (Å²) in [5, 5.41) is 3.12. The highest BCUT2D eigenvalue weighted by atomic mass is 32.2. The number of nitrogens with zero attached hydrogens (tertiary/aromatic N) is 1. The lowest BCUT2D eigenvalue weighted by atomic mass is 9.89. The highest BCUT2D eigenvalue weighted by molar-refractivity contribution is 7.99. The summed E-state index contributed by atoms with van der Waals surface area (Å²) < 4.78 is 0. The second-order valence-electron chi connectivity index (χ2n) is 6.09. The number of thioether (sulfide) groups is 1. The van der Waals surface area contributed by atoms with Crippen LogP contribution >= 0.6 is 11.8 Å². The zero-order valence-electron chi connectivity index (χ0n) is 11.8. The Labute approximate surface area is 124 Å². The smallest absolute Gasteiger partial charge is 0.230 e. The molecular formula is C16H22N2OS. The van der Waals surface area contributed by atoms with Crippen molar-refractivity contribution in [2.24, 2.45) is 17.8 Å². The van der Waals surface area contributed by atoms with Crippen molar-refractivity contribution in [1.82, 2.24) is 10.3 Å². The molecular weight excluding hydrogens is 268 g/mol. The monoisotopic (exact) mass is 290 g/mol. The minimum absolute atomic E-state index is 0.187. The molecule has 0 aliphatic heterocycles. The van der Waals surface area contributed by atoms with Crippen molar-refractivity contribution in [2.75, 3.05) is 12.3 Å². The van der Waals surface area contributed by atoms with Gasteiger partial charge in [-0.1, -0.05) is 6.42 Å². The molecule has 0 saturated heterocycles. The van der Waals surface area contributed by atoms with Crippen LogP contribution in [0, 0.1) is 17.8 Å². The zero-order valence-corrected chi connectivity index (χ0v) is 12.6. The quantitative estimate of drug-likeness (QED) is 0.876. The van der Waals surface area contributed by atoms with Gasteiger partial charge in [0.25, 0.3) is 0 Å². The van der Waals surface area contributed by atoms with Crippen molar-refractivity contribution >= 4 is 17.7 Å². The van der Waals surface area contributed by atoms with Crippen LogP contribution in [-0.2, 0) is 10.5 Å². The predicted octanol–water partition coefficient (Wildman–Crippen LogP) is 2.87. The van der Waals surface area contributed by atoms with Gasteiger partial charge in [-0.3, -0.25) is 9.78 Å². The average Bonchev–Trinajstić information content (AvgIpc) is 3.09. The lowest BCUT2D eigenvalue weighted by Gasteiger charge is -2.21. The van der Waals surface area contributed by atoms with Crippen LogP contribution in [0.25, 0.3) is 0 Å². The minimum Gasteiger partial charge on any atom is -0.355 e. The zero-order chi connectivity index (χ0) is 13.8. The molecule has 20 heavy (non-hydrogen) atoms. The van der Waals surface area contributed by atoms with Crippen molar-refractivity contribution in [3.05, 3.63) is 30.1 Å². The molecule has 3 nitrogen and oxygen atoms in total. The molecule has 1 N–H and O–H groups in total. The first kappa shape index (κ1) is 13.9. The average molecular weight is 290 g/mol. The molecule has 108 valence electrons. The van der Waals surface area contributed by atoms with E-state index < -0.39 is 0 Å². The van der Waals surface area contributed by atoms with Gasteiger partial charge >= 0.3 is 0 Å². The molecule has 3 atom stereocenters. The number of carbonyl (C=O) groups is 1. The van der Waals surface area contributed by atoms with Crippen molar-refractivity contribution in [1.29, 1.82) is 0 Å². The summed E-state index contributed by atoms with van der Waals surface area (Å²) in [6.07, 6.45) is 9.17. The number of amides is 1. The van der Waals surface area contributed by atoms with Gasteiger partial charge in [-0.15, -0.1) is 11.8 Å². The fourth-order valence-corrected chi connectivity index (χ4v) is 4.48. The van der Waals surface area contributed by atoms with Gasteiger partial charge in [0, 0.05) is 24.7 Å². The highest BCUT2D eigenvalue weighted by Crippen LogP contribution is 2.47. The lowest BCUT2D eigenvalue weighted by Crippen LogP contribution is -2.32. The number of hydrogen-bond acceptors (Lipinski definition) is 3. The topological polar surface area (TPSA) is 42.0 Å². The molecule has 1 amide bonds. The molecule has 1 aromatic rings. The Morgan fingerprint density at radius 1 is 1.30 bits per heavy atom. The van der Waals surface area contributed by atoms with E-state index in [2.05, 4.69) is 10.3 Å². The molecule has 2 aliphatic carbocycles. The van der Waals surface area contributed by atoms with Crippen LogP contribution in [0.4, 0.5) is 0 Å². The number of aromatic nitrogens is 1. The van der Waals surface area contributed by atoms with Gasteiger partial charge in [0.2, 0.25) is 5.91 Å². The summed E-state index contributed by atoms with van der Waals surface area (Å²) >= 11 is 1.67. The minimum atomic E-state index is 0.187. The molecule has 2 fully saturated rings. The number of pyridine rings is 1. The van der Waals surface area contributed by atoms with Gasteiger partial charge in [-0.2, -0.15) is 0 Å². The number of hydrogen-bond donors (Lipinski definition) is 1. The van der Waals surface area contributed by atoms with Crippen LogP contribution in [0.2, 0.25) is 0 Å². The van der Waals surface area contributed by atoms with Crippen molar-refractivity contribution in [2.45, 2.75) is 31.4 Å². The summed E-state index contributed by atoms with van der Waals surface area (Å²) in [4.78, 5) is 15.8. The highest BCUT2D eigenvalue weighted by Gasteiger charge is 2.39. The lowest BCUT2D eigenvalue weighted by molar-refractivity contribution is -0.118. The molecule has 2 bridgehead atoms. The standard InChI is InChI=1S/C16H22N2OS/c19-16(11-20-10-12-3-5-17-6-4-12)18-9-15-8-13-1-2-14(15)7-13/h3-6,13-15H,1-2,7-11H2,(H,18,19)/t13-,14-,15-/m0/s1. The van der Waals surface area contributed by atoms with Crippen molar-refractivity contribution in [3.63, 3.8) is 0 Å². The number of carbonyl (C=O) groups excluding carboxylic acids is 1. The third kappa shape index (κ3) is 3.54. The maximum absolute atomic E-state index is 11.9. The Morgan fingerprint density at radius 3 is 2.85 bits per heavy atom. The van der Waals surface area contributed by atoms with Crippen LogP contribution in [-0.4, -0.2) is 23.2 Å². The third-order valence-electron chi connectivity index (χ3n) is 4.70. The van der Waals surface area contributed by atoms with E-state index in [4.69, 9.17) is 0 Å². The molecule has 2 saturated carbocycles. The molecule has 1 aromatic heterocycles. The van der Waals surface area contributed by atoms with E-state index in [1.807, 2.05) is 12.1 Å². The van der Waals surface area contributed by atoms with Crippen molar-refractivity contribution in [3.8, 4) is 0 Å². The Balaban J connectivity index is 1.32. The molecule has 0 spiro atoms. The molecule has 2 aliphatic rings. The van der Waals surface area contributed by atoms with E-state index in [1.54, 1.807) is 24.2 Å². The normalized spacial score (nSPS) is 27.7. The Morgan fingerprint density at radius 2 is 2.15 bits per heavy atom.